The van der Waals surface area contributed by atoms with E-state index in [4.69, 9.17) is 11.5 Å². The SMILES string of the molecule is NCC(=O)NC(Cc1cnc[nH]1)C(=O)NC(CCC(N)=O)C(=O)NC(Cc1cnc[nH]1)C(=O)O. The molecule has 0 aromatic carbocycles. The number of aromatic amines is 2. The highest BCUT2D eigenvalue weighted by atomic mass is 16.4. The fraction of sp³-hybridized carbons (Fsp3) is 0.421. The molecular weight excluding hydrogens is 450 g/mol. The number of primary amides is 1. The van der Waals surface area contributed by atoms with Crippen molar-refractivity contribution in [3.63, 3.8) is 0 Å². The molecule has 10 N–H and O–H groups in total. The first-order chi connectivity index (χ1) is 16.2. The van der Waals surface area contributed by atoms with Gasteiger partial charge in [-0.2, -0.15) is 0 Å². The third-order valence-electron chi connectivity index (χ3n) is 4.72. The summed E-state index contributed by atoms with van der Waals surface area (Å²) in [5, 5.41) is 16.7. The van der Waals surface area contributed by atoms with Crippen LogP contribution in [0, 0.1) is 0 Å². The maximum absolute atomic E-state index is 12.9. The van der Waals surface area contributed by atoms with Crippen molar-refractivity contribution in [2.45, 2.75) is 43.8 Å². The second-order valence-corrected chi connectivity index (χ2v) is 7.35. The van der Waals surface area contributed by atoms with Crippen LogP contribution in [0.4, 0.5) is 0 Å². The van der Waals surface area contributed by atoms with Crippen LogP contribution in [-0.4, -0.2) is 79.3 Å². The third-order valence-corrected chi connectivity index (χ3v) is 4.72. The Hall–Kier alpha value is -4.27. The largest absolute Gasteiger partial charge is 0.480 e. The van der Waals surface area contributed by atoms with Gasteiger partial charge in [-0.3, -0.25) is 19.2 Å². The van der Waals surface area contributed by atoms with Gasteiger partial charge in [0.05, 0.1) is 19.2 Å². The minimum Gasteiger partial charge on any atom is -0.480 e. The van der Waals surface area contributed by atoms with Crippen LogP contribution in [0.15, 0.2) is 25.0 Å². The zero-order valence-corrected chi connectivity index (χ0v) is 18.1. The lowest BCUT2D eigenvalue weighted by molar-refractivity contribution is -0.142. The number of amides is 4. The Balaban J connectivity index is 2.15. The topological polar surface area (TPSA) is 251 Å². The molecule has 0 aliphatic rings. The Bertz CT molecular complexity index is 977. The second kappa shape index (κ2) is 12.7. The molecule has 15 nitrogen and oxygen atoms in total. The number of carbonyl (C=O) groups excluding carboxylic acids is 4. The van der Waals surface area contributed by atoms with E-state index in [0.717, 1.165) is 0 Å². The molecular formula is C19H27N9O6. The van der Waals surface area contributed by atoms with Gasteiger partial charge < -0.3 is 42.5 Å². The number of hydrogen-bond acceptors (Lipinski definition) is 8. The summed E-state index contributed by atoms with van der Waals surface area (Å²) in [5.41, 5.74) is 11.5. The van der Waals surface area contributed by atoms with Gasteiger partial charge in [0.1, 0.15) is 18.1 Å². The fourth-order valence-corrected chi connectivity index (χ4v) is 3.00. The van der Waals surface area contributed by atoms with Crippen LogP contribution in [0.2, 0.25) is 0 Å². The van der Waals surface area contributed by atoms with Crippen molar-refractivity contribution in [1.82, 2.24) is 35.9 Å². The first-order valence-electron chi connectivity index (χ1n) is 10.2. The Morgan fingerprint density at radius 3 is 1.88 bits per heavy atom. The Kier molecular flexibility index (Phi) is 9.70. The van der Waals surface area contributed by atoms with Crippen LogP contribution in [0.1, 0.15) is 24.2 Å². The number of carboxylic acids is 1. The monoisotopic (exact) mass is 477 g/mol. The molecule has 15 heteroatoms. The van der Waals surface area contributed by atoms with Gasteiger partial charge >= 0.3 is 5.97 Å². The van der Waals surface area contributed by atoms with E-state index in [1.807, 2.05) is 0 Å². The number of carboxylic acid groups (broad SMARTS) is 1. The number of hydrogen-bond donors (Lipinski definition) is 8. The molecule has 0 saturated carbocycles. The molecule has 2 heterocycles. The molecule has 0 fully saturated rings. The molecule has 0 aliphatic carbocycles. The lowest BCUT2D eigenvalue weighted by Gasteiger charge is -2.24. The van der Waals surface area contributed by atoms with E-state index in [2.05, 4.69) is 35.9 Å². The van der Waals surface area contributed by atoms with E-state index in [0.29, 0.717) is 11.4 Å². The van der Waals surface area contributed by atoms with Crippen molar-refractivity contribution < 1.29 is 29.1 Å². The van der Waals surface area contributed by atoms with Crippen LogP contribution < -0.4 is 27.4 Å². The van der Waals surface area contributed by atoms with Crippen molar-refractivity contribution in [2.75, 3.05) is 6.54 Å². The Labute approximate surface area is 193 Å². The van der Waals surface area contributed by atoms with E-state index < -0.39 is 47.7 Å². The summed E-state index contributed by atoms with van der Waals surface area (Å²) in [6.45, 7) is -0.369. The van der Waals surface area contributed by atoms with Gasteiger partial charge in [0.25, 0.3) is 0 Å². The molecule has 0 saturated heterocycles. The summed E-state index contributed by atoms with van der Waals surface area (Å²) >= 11 is 0. The van der Waals surface area contributed by atoms with Gasteiger partial charge in [0.15, 0.2) is 0 Å². The summed E-state index contributed by atoms with van der Waals surface area (Å²) in [4.78, 5) is 73.7. The quantitative estimate of drug-likeness (QED) is 0.135. The molecule has 3 atom stereocenters. The number of rotatable bonds is 14. The molecule has 2 rings (SSSR count). The summed E-state index contributed by atoms with van der Waals surface area (Å²) in [6.07, 6.45) is 5.10. The molecule has 2 aromatic heterocycles. The Morgan fingerprint density at radius 1 is 0.882 bits per heavy atom. The normalized spacial score (nSPS) is 13.3. The number of aromatic nitrogens is 4. The van der Waals surface area contributed by atoms with Gasteiger partial charge in [0, 0.05) is 43.0 Å². The van der Waals surface area contributed by atoms with Crippen molar-refractivity contribution >= 4 is 29.6 Å². The smallest absolute Gasteiger partial charge is 0.326 e. The molecule has 34 heavy (non-hydrogen) atoms. The van der Waals surface area contributed by atoms with Gasteiger partial charge in [-0.05, 0) is 6.42 Å². The first-order valence-corrected chi connectivity index (χ1v) is 10.2. The molecule has 3 unspecified atom stereocenters. The molecule has 4 amide bonds. The Morgan fingerprint density at radius 2 is 1.41 bits per heavy atom. The number of nitrogens with zero attached hydrogens (tertiary/aromatic N) is 2. The fourth-order valence-electron chi connectivity index (χ4n) is 3.00. The molecule has 0 radical (unpaired) electrons. The molecule has 0 bridgehead atoms. The molecule has 0 spiro atoms. The van der Waals surface area contributed by atoms with Crippen molar-refractivity contribution in [1.29, 1.82) is 0 Å². The van der Waals surface area contributed by atoms with E-state index in [-0.39, 0.29) is 32.2 Å². The number of nitrogens with one attached hydrogen (secondary N) is 5. The summed E-state index contributed by atoms with van der Waals surface area (Å²) in [7, 11) is 0. The first kappa shape index (κ1) is 26.0. The van der Waals surface area contributed by atoms with Crippen molar-refractivity contribution in [3.05, 3.63) is 36.4 Å². The summed E-state index contributed by atoms with van der Waals surface area (Å²) in [6, 6.07) is -3.76. The van der Waals surface area contributed by atoms with Crippen molar-refractivity contribution in [3.8, 4) is 0 Å². The van der Waals surface area contributed by atoms with E-state index >= 15 is 0 Å². The average Bonchev–Trinajstić information content (AvgIpc) is 3.49. The molecule has 0 aliphatic heterocycles. The number of nitrogens with two attached hydrogens (primary N) is 2. The maximum Gasteiger partial charge on any atom is 0.326 e. The third kappa shape index (κ3) is 8.34. The predicted octanol–water partition coefficient (Wildman–Crippen LogP) is -3.32. The van der Waals surface area contributed by atoms with E-state index in [1.165, 1.54) is 25.0 Å². The van der Waals surface area contributed by atoms with Crippen LogP contribution in [0.25, 0.3) is 0 Å². The predicted molar refractivity (Wildman–Crippen MR) is 115 cm³/mol. The summed E-state index contributed by atoms with van der Waals surface area (Å²) in [5.74, 6) is -4.23. The van der Waals surface area contributed by atoms with Gasteiger partial charge in [-0.15, -0.1) is 0 Å². The van der Waals surface area contributed by atoms with Gasteiger partial charge in [-0.1, -0.05) is 0 Å². The number of aliphatic carboxylic acids is 1. The highest BCUT2D eigenvalue weighted by Gasteiger charge is 2.30. The number of H-pyrrole nitrogens is 2. The van der Waals surface area contributed by atoms with Gasteiger partial charge in [0.2, 0.25) is 23.6 Å². The van der Waals surface area contributed by atoms with Crippen LogP contribution in [0.5, 0.6) is 0 Å². The van der Waals surface area contributed by atoms with E-state index in [1.54, 1.807) is 0 Å². The minimum absolute atomic E-state index is 0.0132. The standard InChI is InChI=1S/C19H27N9O6/c20-5-16(30)26-13(3-10-6-22-8-24-10)18(32)27-12(1-2-15(21)29)17(31)28-14(19(33)34)4-11-7-23-9-25-11/h6-9,12-14H,1-5,20H2,(H2,21,29)(H,22,24)(H,23,25)(H,26,30)(H,27,32)(H,28,31)(H,33,34). The lowest BCUT2D eigenvalue weighted by Crippen LogP contribution is -2.57. The zero-order chi connectivity index (χ0) is 25.1. The van der Waals surface area contributed by atoms with Gasteiger partial charge in [-0.25, -0.2) is 14.8 Å². The zero-order valence-electron chi connectivity index (χ0n) is 18.1. The second-order valence-electron chi connectivity index (χ2n) is 7.35. The van der Waals surface area contributed by atoms with Crippen LogP contribution in [0.3, 0.4) is 0 Å². The lowest BCUT2D eigenvalue weighted by atomic mass is 10.1. The van der Waals surface area contributed by atoms with Crippen LogP contribution in [-0.2, 0) is 36.8 Å². The number of imidazole rings is 2. The van der Waals surface area contributed by atoms with Crippen molar-refractivity contribution in [2.24, 2.45) is 11.5 Å². The highest BCUT2D eigenvalue weighted by molar-refractivity contribution is 5.94. The average molecular weight is 477 g/mol. The highest BCUT2D eigenvalue weighted by Crippen LogP contribution is 2.05. The molecule has 2 aromatic rings. The maximum atomic E-state index is 12.9. The molecule has 184 valence electrons. The van der Waals surface area contributed by atoms with Crippen LogP contribution >= 0.6 is 0 Å². The minimum atomic E-state index is -1.33. The summed E-state index contributed by atoms with van der Waals surface area (Å²) < 4.78 is 0. The van der Waals surface area contributed by atoms with E-state index in [9.17, 15) is 29.1 Å². The number of carbonyl (C=O) groups is 5.